The third-order valence-corrected chi connectivity index (χ3v) is 5.28. The monoisotopic (exact) mass is 394 g/mol. The van der Waals surface area contributed by atoms with Gasteiger partial charge in [-0.05, 0) is 32.4 Å². The zero-order chi connectivity index (χ0) is 20.4. The van der Waals surface area contributed by atoms with Gasteiger partial charge in [0.25, 0.3) is 0 Å². The van der Waals surface area contributed by atoms with Gasteiger partial charge in [0.2, 0.25) is 5.91 Å². The Morgan fingerprint density at radius 1 is 1.14 bits per heavy atom. The van der Waals surface area contributed by atoms with Crippen molar-refractivity contribution in [2.24, 2.45) is 0 Å². The van der Waals surface area contributed by atoms with Crippen LogP contribution in [0.15, 0.2) is 24.5 Å². The number of amides is 1. The highest BCUT2D eigenvalue weighted by molar-refractivity contribution is 5.93. The Bertz CT molecular complexity index is 1020. The second-order valence-corrected chi connectivity index (χ2v) is 7.40. The standard InChI is InChI=1S/C20H26N8O/c1-4-28-20-18(24-25-28)19(21-13-22-20)27-9-7-26(8-10-27)12-17(29)23-16-6-5-14(2)11-15(16)3/h5-6,11,13H,4,7-10,12H2,1-3H3,(H,23,29). The number of hydrogen-bond donors (Lipinski definition) is 1. The summed E-state index contributed by atoms with van der Waals surface area (Å²) in [5.41, 5.74) is 4.63. The average Bonchev–Trinajstić information content (AvgIpc) is 3.14. The van der Waals surface area contributed by atoms with E-state index in [0.717, 1.165) is 61.0 Å². The van der Waals surface area contributed by atoms with Crippen molar-refractivity contribution >= 4 is 28.6 Å². The van der Waals surface area contributed by atoms with Crippen molar-refractivity contribution in [2.45, 2.75) is 27.3 Å². The number of benzene rings is 1. The fraction of sp³-hybridized carbons (Fsp3) is 0.450. The van der Waals surface area contributed by atoms with Crippen molar-refractivity contribution in [3.05, 3.63) is 35.7 Å². The van der Waals surface area contributed by atoms with Crippen LogP contribution in [0.2, 0.25) is 0 Å². The number of carbonyl (C=O) groups is 1. The normalized spacial score (nSPS) is 15.1. The number of carbonyl (C=O) groups excluding carboxylic acids is 1. The lowest BCUT2D eigenvalue weighted by Crippen LogP contribution is -2.49. The molecule has 1 aliphatic rings. The lowest BCUT2D eigenvalue weighted by Gasteiger charge is -2.34. The SMILES string of the molecule is CCn1nnc2c(N3CCN(CC(=O)Nc4ccc(C)cc4C)CC3)ncnc21. The molecule has 9 nitrogen and oxygen atoms in total. The minimum atomic E-state index is 0.0146. The number of nitrogens with zero attached hydrogens (tertiary/aromatic N) is 7. The van der Waals surface area contributed by atoms with Crippen LogP contribution >= 0.6 is 0 Å². The summed E-state index contributed by atoms with van der Waals surface area (Å²) in [5, 5.41) is 11.4. The van der Waals surface area contributed by atoms with E-state index < -0.39 is 0 Å². The number of anilines is 2. The molecule has 0 saturated carbocycles. The predicted molar refractivity (Wildman–Crippen MR) is 112 cm³/mol. The fourth-order valence-electron chi connectivity index (χ4n) is 3.69. The number of aryl methyl sites for hydroxylation is 3. The zero-order valence-corrected chi connectivity index (χ0v) is 17.1. The van der Waals surface area contributed by atoms with Gasteiger partial charge in [-0.1, -0.05) is 22.9 Å². The van der Waals surface area contributed by atoms with Crippen molar-refractivity contribution in [3.63, 3.8) is 0 Å². The molecular weight excluding hydrogens is 368 g/mol. The van der Waals surface area contributed by atoms with E-state index in [1.165, 1.54) is 5.56 Å². The third-order valence-electron chi connectivity index (χ3n) is 5.28. The topological polar surface area (TPSA) is 92.1 Å². The van der Waals surface area contributed by atoms with E-state index in [1.54, 1.807) is 11.0 Å². The summed E-state index contributed by atoms with van der Waals surface area (Å²) in [7, 11) is 0. The van der Waals surface area contributed by atoms with Crippen LogP contribution in [0.1, 0.15) is 18.1 Å². The number of aromatic nitrogens is 5. The van der Waals surface area contributed by atoms with Crippen LogP contribution in [0, 0.1) is 13.8 Å². The van der Waals surface area contributed by atoms with Gasteiger partial charge in [0.05, 0.1) is 6.54 Å². The summed E-state index contributed by atoms with van der Waals surface area (Å²) in [5.74, 6) is 0.829. The molecule has 0 unspecified atom stereocenters. The number of rotatable bonds is 5. The molecule has 1 aliphatic heterocycles. The number of piperazine rings is 1. The van der Waals surface area contributed by atoms with E-state index in [4.69, 9.17) is 0 Å². The Morgan fingerprint density at radius 2 is 1.93 bits per heavy atom. The van der Waals surface area contributed by atoms with Crippen molar-refractivity contribution in [1.82, 2.24) is 29.9 Å². The fourth-order valence-corrected chi connectivity index (χ4v) is 3.69. The van der Waals surface area contributed by atoms with Crippen molar-refractivity contribution < 1.29 is 4.79 Å². The van der Waals surface area contributed by atoms with Crippen LogP contribution in [-0.4, -0.2) is 68.5 Å². The molecule has 0 spiro atoms. The minimum absolute atomic E-state index is 0.0146. The Balaban J connectivity index is 1.36. The van der Waals surface area contributed by atoms with Gasteiger partial charge >= 0.3 is 0 Å². The molecule has 0 atom stereocenters. The van der Waals surface area contributed by atoms with Gasteiger partial charge in [-0.15, -0.1) is 5.10 Å². The number of nitrogens with one attached hydrogen (secondary N) is 1. The smallest absolute Gasteiger partial charge is 0.238 e. The molecule has 1 fully saturated rings. The van der Waals surface area contributed by atoms with Crippen molar-refractivity contribution in [2.75, 3.05) is 42.9 Å². The van der Waals surface area contributed by atoms with Gasteiger partial charge < -0.3 is 10.2 Å². The molecule has 3 heterocycles. The van der Waals surface area contributed by atoms with Crippen LogP contribution in [0.3, 0.4) is 0 Å². The maximum absolute atomic E-state index is 12.5. The third kappa shape index (κ3) is 4.04. The highest BCUT2D eigenvalue weighted by Gasteiger charge is 2.23. The quantitative estimate of drug-likeness (QED) is 0.703. The molecule has 152 valence electrons. The number of hydrogen-bond acceptors (Lipinski definition) is 7. The molecule has 0 aliphatic carbocycles. The molecular formula is C20H26N8O. The highest BCUT2D eigenvalue weighted by Crippen LogP contribution is 2.22. The van der Waals surface area contributed by atoms with Gasteiger partial charge in [-0.3, -0.25) is 9.69 Å². The van der Waals surface area contributed by atoms with Gasteiger partial charge in [-0.25, -0.2) is 14.6 Å². The first-order valence-electron chi connectivity index (χ1n) is 9.93. The first-order chi connectivity index (χ1) is 14.0. The van der Waals surface area contributed by atoms with Crippen molar-refractivity contribution in [1.29, 1.82) is 0 Å². The molecule has 9 heteroatoms. The molecule has 4 rings (SSSR count). The second-order valence-electron chi connectivity index (χ2n) is 7.40. The molecule has 1 N–H and O–H groups in total. The maximum atomic E-state index is 12.5. The summed E-state index contributed by atoms with van der Waals surface area (Å²) in [6.45, 7) is 10.3. The Labute approximate surface area is 169 Å². The highest BCUT2D eigenvalue weighted by atomic mass is 16.2. The lowest BCUT2D eigenvalue weighted by atomic mass is 10.1. The van der Waals surface area contributed by atoms with E-state index in [-0.39, 0.29) is 5.91 Å². The van der Waals surface area contributed by atoms with Gasteiger partial charge in [-0.2, -0.15) is 0 Å². The van der Waals surface area contributed by atoms with Crippen LogP contribution in [0.5, 0.6) is 0 Å². The molecule has 3 aromatic rings. The zero-order valence-electron chi connectivity index (χ0n) is 17.1. The van der Waals surface area contributed by atoms with Gasteiger partial charge in [0, 0.05) is 38.4 Å². The van der Waals surface area contributed by atoms with Gasteiger partial charge in [0.1, 0.15) is 6.33 Å². The van der Waals surface area contributed by atoms with E-state index >= 15 is 0 Å². The lowest BCUT2D eigenvalue weighted by molar-refractivity contribution is -0.117. The summed E-state index contributed by atoms with van der Waals surface area (Å²) < 4.78 is 1.77. The number of fused-ring (bicyclic) bond motifs is 1. The van der Waals surface area contributed by atoms with Crippen LogP contribution < -0.4 is 10.2 Å². The Morgan fingerprint density at radius 3 is 2.66 bits per heavy atom. The van der Waals surface area contributed by atoms with Crippen LogP contribution in [0.4, 0.5) is 11.5 Å². The first kappa shape index (κ1) is 19.3. The van der Waals surface area contributed by atoms with Gasteiger partial charge in [0.15, 0.2) is 17.0 Å². The molecule has 1 amide bonds. The maximum Gasteiger partial charge on any atom is 0.238 e. The largest absolute Gasteiger partial charge is 0.352 e. The summed E-state index contributed by atoms with van der Waals surface area (Å²) in [6.07, 6.45) is 1.57. The van der Waals surface area contributed by atoms with Crippen LogP contribution in [-0.2, 0) is 11.3 Å². The van der Waals surface area contributed by atoms with Crippen LogP contribution in [0.25, 0.3) is 11.2 Å². The molecule has 0 bridgehead atoms. The van der Waals surface area contributed by atoms with E-state index in [2.05, 4.69) is 41.5 Å². The summed E-state index contributed by atoms with van der Waals surface area (Å²) >= 11 is 0. The van der Waals surface area contributed by atoms with E-state index in [9.17, 15) is 4.79 Å². The molecule has 29 heavy (non-hydrogen) atoms. The van der Waals surface area contributed by atoms with E-state index in [0.29, 0.717) is 6.54 Å². The molecule has 0 radical (unpaired) electrons. The Kier molecular flexibility index (Phi) is 5.39. The first-order valence-corrected chi connectivity index (χ1v) is 9.93. The van der Waals surface area contributed by atoms with E-state index in [1.807, 2.05) is 32.9 Å². The minimum Gasteiger partial charge on any atom is -0.352 e. The molecule has 1 saturated heterocycles. The second kappa shape index (κ2) is 8.12. The molecule has 1 aromatic carbocycles. The average molecular weight is 394 g/mol. The summed E-state index contributed by atoms with van der Waals surface area (Å²) in [4.78, 5) is 25.6. The van der Waals surface area contributed by atoms with Crippen molar-refractivity contribution in [3.8, 4) is 0 Å². The summed E-state index contributed by atoms with van der Waals surface area (Å²) in [6, 6.07) is 6.05. The predicted octanol–water partition coefficient (Wildman–Crippen LogP) is 1.62. The Hall–Kier alpha value is -3.07. The molecule has 2 aromatic heterocycles.